The van der Waals surface area contributed by atoms with E-state index in [1.54, 1.807) is 36.4 Å². The van der Waals surface area contributed by atoms with Gasteiger partial charge in [-0.05, 0) is 17.2 Å². The normalized spacial score (nSPS) is 12.4. The molecule has 0 amide bonds. The molecule has 4 heteroatoms. The SMILES string of the molecule is O=P(O)(O)C(=Cc1ccccc1)c1ccccc1. The first-order valence-corrected chi connectivity index (χ1v) is 7.07. The highest BCUT2D eigenvalue weighted by Gasteiger charge is 2.22. The summed E-state index contributed by atoms with van der Waals surface area (Å²) in [5.74, 6) is 0. The van der Waals surface area contributed by atoms with Crippen molar-refractivity contribution < 1.29 is 14.4 Å². The lowest BCUT2D eigenvalue weighted by Crippen LogP contribution is -1.87. The summed E-state index contributed by atoms with van der Waals surface area (Å²) in [6, 6.07) is 17.8. The van der Waals surface area contributed by atoms with Crippen LogP contribution in [0, 0.1) is 0 Å². The zero-order valence-corrected chi connectivity index (χ0v) is 10.5. The highest BCUT2D eigenvalue weighted by Crippen LogP contribution is 2.51. The molecule has 2 aromatic carbocycles. The molecule has 2 aromatic rings. The van der Waals surface area contributed by atoms with Crippen LogP contribution in [-0.2, 0) is 4.57 Å². The van der Waals surface area contributed by atoms with E-state index in [0.29, 0.717) is 5.56 Å². The number of rotatable bonds is 3. The van der Waals surface area contributed by atoms with Gasteiger partial charge in [-0.3, -0.25) is 4.57 Å². The quantitative estimate of drug-likeness (QED) is 0.657. The summed E-state index contributed by atoms with van der Waals surface area (Å²) in [4.78, 5) is 18.9. The molecule has 0 heterocycles. The molecule has 0 saturated heterocycles. The average Bonchev–Trinajstić information content (AvgIpc) is 2.37. The molecule has 0 aliphatic rings. The lowest BCUT2D eigenvalue weighted by Gasteiger charge is -2.09. The molecule has 0 bridgehead atoms. The van der Waals surface area contributed by atoms with Crippen molar-refractivity contribution in [2.75, 3.05) is 0 Å². The summed E-state index contributed by atoms with van der Waals surface area (Å²) < 4.78 is 11.6. The van der Waals surface area contributed by atoms with Crippen LogP contribution in [-0.4, -0.2) is 9.79 Å². The Labute approximate surface area is 106 Å². The lowest BCUT2D eigenvalue weighted by atomic mass is 10.1. The Hall–Kier alpha value is -1.67. The Morgan fingerprint density at radius 3 is 1.89 bits per heavy atom. The van der Waals surface area contributed by atoms with Crippen LogP contribution in [0.3, 0.4) is 0 Å². The van der Waals surface area contributed by atoms with Gasteiger partial charge in [-0.15, -0.1) is 0 Å². The first-order chi connectivity index (χ1) is 8.57. The van der Waals surface area contributed by atoms with E-state index in [1.807, 2.05) is 24.3 Å². The Bertz CT molecular complexity index is 585. The van der Waals surface area contributed by atoms with Crippen LogP contribution < -0.4 is 0 Å². The lowest BCUT2D eigenvalue weighted by molar-refractivity contribution is 0.388. The molecule has 0 spiro atoms. The van der Waals surface area contributed by atoms with Crippen LogP contribution in [0.25, 0.3) is 11.4 Å². The molecular formula is C14H13O3P. The second-order valence-corrected chi connectivity index (χ2v) is 5.42. The van der Waals surface area contributed by atoms with E-state index < -0.39 is 7.60 Å². The van der Waals surface area contributed by atoms with Crippen molar-refractivity contribution in [3.05, 3.63) is 71.8 Å². The third-order valence-electron chi connectivity index (χ3n) is 2.49. The monoisotopic (exact) mass is 260 g/mol. The van der Waals surface area contributed by atoms with E-state index in [-0.39, 0.29) is 5.31 Å². The summed E-state index contributed by atoms with van der Waals surface area (Å²) in [6.45, 7) is 0. The molecule has 3 nitrogen and oxygen atoms in total. The molecule has 0 aromatic heterocycles. The summed E-state index contributed by atoms with van der Waals surface area (Å²) in [7, 11) is -4.30. The molecule has 0 saturated carbocycles. The zero-order valence-electron chi connectivity index (χ0n) is 9.60. The van der Waals surface area contributed by atoms with Crippen molar-refractivity contribution in [3.8, 4) is 0 Å². The summed E-state index contributed by atoms with van der Waals surface area (Å²) in [6.07, 6.45) is 1.52. The van der Waals surface area contributed by atoms with Crippen LogP contribution >= 0.6 is 7.60 Å². The van der Waals surface area contributed by atoms with Gasteiger partial charge in [-0.2, -0.15) is 0 Å². The van der Waals surface area contributed by atoms with Crippen LogP contribution in [0.5, 0.6) is 0 Å². The number of hydrogen-bond donors (Lipinski definition) is 2. The van der Waals surface area contributed by atoms with E-state index in [9.17, 15) is 14.4 Å². The maximum absolute atomic E-state index is 11.6. The summed E-state index contributed by atoms with van der Waals surface area (Å²) in [5.41, 5.74) is 1.30. The summed E-state index contributed by atoms with van der Waals surface area (Å²) in [5, 5.41) is 0.0364. The molecule has 0 fully saturated rings. The van der Waals surface area contributed by atoms with E-state index >= 15 is 0 Å². The van der Waals surface area contributed by atoms with Gasteiger partial charge in [-0.1, -0.05) is 60.7 Å². The molecule has 0 radical (unpaired) electrons. The van der Waals surface area contributed by atoms with Gasteiger partial charge in [0.05, 0.1) is 5.31 Å². The van der Waals surface area contributed by atoms with Crippen LogP contribution in [0.1, 0.15) is 11.1 Å². The first-order valence-electron chi connectivity index (χ1n) is 5.45. The van der Waals surface area contributed by atoms with Gasteiger partial charge in [0, 0.05) is 0 Å². The van der Waals surface area contributed by atoms with Gasteiger partial charge in [0.2, 0.25) is 0 Å². The van der Waals surface area contributed by atoms with E-state index in [1.165, 1.54) is 6.08 Å². The fourth-order valence-electron chi connectivity index (χ4n) is 1.65. The third kappa shape index (κ3) is 3.17. The largest absolute Gasteiger partial charge is 0.356 e. The minimum atomic E-state index is -4.30. The highest BCUT2D eigenvalue weighted by atomic mass is 31.2. The molecule has 18 heavy (non-hydrogen) atoms. The molecular weight excluding hydrogens is 247 g/mol. The van der Waals surface area contributed by atoms with Gasteiger partial charge in [0.25, 0.3) is 0 Å². The van der Waals surface area contributed by atoms with Crippen LogP contribution in [0.15, 0.2) is 60.7 Å². The minimum Gasteiger partial charge on any atom is -0.321 e. The molecule has 0 unspecified atom stereocenters. The van der Waals surface area contributed by atoms with Gasteiger partial charge in [-0.25, -0.2) is 0 Å². The van der Waals surface area contributed by atoms with Crippen molar-refractivity contribution in [1.29, 1.82) is 0 Å². The van der Waals surface area contributed by atoms with E-state index in [4.69, 9.17) is 0 Å². The standard InChI is InChI=1S/C14H13O3P/c15-18(16,17)14(13-9-5-2-6-10-13)11-12-7-3-1-4-8-12/h1-11H,(H2,15,16,17). The van der Waals surface area contributed by atoms with Crippen molar-refractivity contribution in [2.45, 2.75) is 0 Å². The van der Waals surface area contributed by atoms with Crippen LogP contribution in [0.4, 0.5) is 0 Å². The van der Waals surface area contributed by atoms with Crippen molar-refractivity contribution in [3.63, 3.8) is 0 Å². The first kappa shape index (κ1) is 12.8. The fraction of sp³-hybridized carbons (Fsp3) is 0. The predicted molar refractivity (Wildman–Crippen MR) is 72.8 cm³/mol. The second kappa shape index (κ2) is 5.32. The molecule has 92 valence electrons. The maximum Gasteiger partial charge on any atom is 0.356 e. The third-order valence-corrected chi connectivity index (χ3v) is 3.50. The molecule has 0 atom stereocenters. The van der Waals surface area contributed by atoms with Gasteiger partial charge in [0.15, 0.2) is 0 Å². The predicted octanol–water partition coefficient (Wildman–Crippen LogP) is 3.36. The minimum absolute atomic E-state index is 0.0364. The summed E-state index contributed by atoms with van der Waals surface area (Å²) >= 11 is 0. The molecule has 0 aliphatic carbocycles. The fourth-order valence-corrected chi connectivity index (χ4v) is 2.45. The Balaban J connectivity index is 2.52. The van der Waals surface area contributed by atoms with Gasteiger partial charge >= 0.3 is 7.60 Å². The van der Waals surface area contributed by atoms with Crippen molar-refractivity contribution >= 4 is 19.0 Å². The zero-order chi connectivity index (χ0) is 13.0. The van der Waals surface area contributed by atoms with E-state index in [2.05, 4.69) is 0 Å². The van der Waals surface area contributed by atoms with Crippen molar-refractivity contribution in [2.24, 2.45) is 0 Å². The van der Waals surface area contributed by atoms with E-state index in [0.717, 1.165) is 5.56 Å². The molecule has 0 aliphatic heterocycles. The number of hydrogen-bond acceptors (Lipinski definition) is 1. The molecule has 2 N–H and O–H groups in total. The molecule has 2 rings (SSSR count). The highest BCUT2D eigenvalue weighted by molar-refractivity contribution is 7.63. The maximum atomic E-state index is 11.6. The Morgan fingerprint density at radius 1 is 0.889 bits per heavy atom. The Kier molecular flexibility index (Phi) is 3.78. The van der Waals surface area contributed by atoms with Crippen LogP contribution in [0.2, 0.25) is 0 Å². The van der Waals surface area contributed by atoms with Gasteiger partial charge < -0.3 is 9.79 Å². The Morgan fingerprint density at radius 2 is 1.39 bits per heavy atom. The topological polar surface area (TPSA) is 57.5 Å². The number of benzene rings is 2. The van der Waals surface area contributed by atoms with Crippen molar-refractivity contribution in [1.82, 2.24) is 0 Å². The smallest absolute Gasteiger partial charge is 0.321 e. The second-order valence-electron chi connectivity index (χ2n) is 3.85. The average molecular weight is 260 g/mol. The van der Waals surface area contributed by atoms with Gasteiger partial charge in [0.1, 0.15) is 0 Å².